The Morgan fingerprint density at radius 2 is 1.58 bits per heavy atom. The Labute approximate surface area is 153 Å². The van der Waals surface area contributed by atoms with Crippen molar-refractivity contribution in [2.24, 2.45) is 17.3 Å². The number of ether oxygens (including phenoxy) is 1. The molecule has 0 aromatic heterocycles. The summed E-state index contributed by atoms with van der Waals surface area (Å²) in [6.07, 6.45) is 0.610. The van der Waals surface area contributed by atoms with Crippen LogP contribution in [0.5, 0.6) is 0 Å². The van der Waals surface area contributed by atoms with Gasteiger partial charge >= 0.3 is 19.2 Å². The molecule has 0 unspecified atom stereocenters. The number of alkyl halides is 2. The summed E-state index contributed by atoms with van der Waals surface area (Å²) in [7, 11) is -5.93. The first-order valence-electron chi connectivity index (χ1n) is 8.43. The Morgan fingerprint density at radius 1 is 1.12 bits per heavy atom. The molecule has 0 aromatic carbocycles. The molecule has 0 spiro atoms. The first-order chi connectivity index (χ1) is 11.6. The second-order valence-corrected chi connectivity index (χ2v) is 8.79. The van der Waals surface area contributed by atoms with Crippen molar-refractivity contribution in [2.75, 3.05) is 6.61 Å². The van der Waals surface area contributed by atoms with Crippen LogP contribution >= 0.6 is 7.60 Å². The van der Waals surface area contributed by atoms with Crippen LogP contribution in [0.15, 0.2) is 12.2 Å². The van der Waals surface area contributed by atoms with Crippen LogP contribution in [0, 0.1) is 17.3 Å². The molecule has 0 heterocycles. The highest BCUT2D eigenvalue weighted by atomic mass is 31.2. The summed E-state index contributed by atoms with van der Waals surface area (Å²) in [4.78, 5) is 41.7. The molecule has 0 amide bonds. The summed E-state index contributed by atoms with van der Waals surface area (Å²) in [5.41, 5.74) is -6.11. The van der Waals surface area contributed by atoms with E-state index in [1.165, 1.54) is 6.92 Å². The maximum absolute atomic E-state index is 14.1. The largest absolute Gasteiger partial charge is 0.462 e. The van der Waals surface area contributed by atoms with E-state index >= 15 is 0 Å². The van der Waals surface area contributed by atoms with E-state index in [1.54, 1.807) is 27.7 Å². The lowest BCUT2D eigenvalue weighted by Crippen LogP contribution is -2.49. The van der Waals surface area contributed by atoms with E-state index in [1.807, 2.05) is 0 Å². The molecule has 6 nitrogen and oxygen atoms in total. The zero-order valence-electron chi connectivity index (χ0n) is 15.9. The number of hydrogen-bond acceptors (Lipinski definition) is 4. The molecule has 0 saturated heterocycles. The molecule has 152 valence electrons. The van der Waals surface area contributed by atoms with E-state index in [0.717, 1.165) is 0 Å². The topological polar surface area (TPSA) is 101 Å². The molecule has 0 aliphatic carbocycles. The van der Waals surface area contributed by atoms with E-state index in [-0.39, 0.29) is 25.0 Å². The van der Waals surface area contributed by atoms with Gasteiger partial charge in [-0.1, -0.05) is 34.3 Å². The molecule has 9 heteroatoms. The summed E-state index contributed by atoms with van der Waals surface area (Å²) >= 11 is 0. The van der Waals surface area contributed by atoms with Gasteiger partial charge in [0.1, 0.15) is 0 Å². The average Bonchev–Trinajstić information content (AvgIpc) is 2.47. The molecule has 0 fully saturated rings. The van der Waals surface area contributed by atoms with E-state index in [9.17, 15) is 22.9 Å². The van der Waals surface area contributed by atoms with Crippen molar-refractivity contribution in [3.63, 3.8) is 0 Å². The molecule has 0 radical (unpaired) electrons. The Hall–Kier alpha value is -1.11. The highest BCUT2D eigenvalue weighted by molar-refractivity contribution is 7.54. The van der Waals surface area contributed by atoms with Crippen LogP contribution in [0.4, 0.5) is 8.78 Å². The normalized spacial score (nSPS) is 13.2. The molecule has 0 atom stereocenters. The van der Waals surface area contributed by atoms with Gasteiger partial charge in [0.2, 0.25) is 5.78 Å². The fourth-order valence-electron chi connectivity index (χ4n) is 3.10. The zero-order chi connectivity index (χ0) is 20.9. The van der Waals surface area contributed by atoms with Crippen LogP contribution in [0.1, 0.15) is 53.9 Å². The monoisotopic (exact) mass is 398 g/mol. The SMILES string of the molecule is C=C(C)C(=O)OCCCCC(C(=O)C(F)(F)P(=O)(O)O)(C(C)C)C(C)C. The molecule has 2 N–H and O–H groups in total. The number of carbonyl (C=O) groups is 2. The van der Waals surface area contributed by atoms with Gasteiger partial charge in [0.15, 0.2) is 0 Å². The zero-order valence-corrected chi connectivity index (χ0v) is 16.8. The lowest BCUT2D eigenvalue weighted by Gasteiger charge is -2.42. The van der Waals surface area contributed by atoms with Crippen LogP contribution in [0.25, 0.3) is 0 Å². The standard InChI is InChI=1S/C17H29F2O6P/c1-11(2)14(20)25-10-8-7-9-16(12(3)4,13(5)6)15(21)17(18,19)26(22,23)24/h12-13H,1,7-10H2,2-6H3,(H2,22,23,24). The molecule has 0 rings (SSSR count). The molecule has 0 aliphatic heterocycles. The number of esters is 1. The average molecular weight is 398 g/mol. The second-order valence-electron chi connectivity index (χ2n) is 7.14. The van der Waals surface area contributed by atoms with Crippen LogP contribution in [0.2, 0.25) is 0 Å². The Bertz CT molecular complexity index is 572. The van der Waals surface area contributed by atoms with Crippen molar-refractivity contribution in [1.82, 2.24) is 0 Å². The van der Waals surface area contributed by atoms with Crippen molar-refractivity contribution in [3.05, 3.63) is 12.2 Å². The molecule has 0 aliphatic rings. The maximum atomic E-state index is 14.1. The summed E-state index contributed by atoms with van der Waals surface area (Å²) in [5, 5.41) is 0. The van der Waals surface area contributed by atoms with Gasteiger partial charge in [0.25, 0.3) is 0 Å². The third kappa shape index (κ3) is 5.44. The highest BCUT2D eigenvalue weighted by Gasteiger charge is 2.63. The van der Waals surface area contributed by atoms with Crippen molar-refractivity contribution in [2.45, 2.75) is 59.5 Å². The van der Waals surface area contributed by atoms with Gasteiger partial charge in [-0.25, -0.2) is 4.79 Å². The molecule has 26 heavy (non-hydrogen) atoms. The van der Waals surface area contributed by atoms with Crippen molar-refractivity contribution >= 4 is 19.3 Å². The smallest absolute Gasteiger partial charge is 0.403 e. The molecular weight excluding hydrogens is 369 g/mol. The third-order valence-corrected chi connectivity index (χ3v) is 5.62. The number of rotatable bonds is 11. The fourth-order valence-corrected chi connectivity index (χ4v) is 3.57. The van der Waals surface area contributed by atoms with Crippen LogP contribution in [-0.2, 0) is 18.9 Å². The summed E-state index contributed by atoms with van der Waals surface area (Å²) in [6, 6.07) is 0. The van der Waals surface area contributed by atoms with Crippen LogP contribution in [-0.4, -0.2) is 33.8 Å². The van der Waals surface area contributed by atoms with Gasteiger partial charge in [-0.05, 0) is 38.0 Å². The number of hydrogen-bond donors (Lipinski definition) is 2. The fraction of sp³-hybridized carbons (Fsp3) is 0.765. The second kappa shape index (κ2) is 9.20. The van der Waals surface area contributed by atoms with Gasteiger partial charge in [-0.15, -0.1) is 0 Å². The quantitative estimate of drug-likeness (QED) is 0.237. The van der Waals surface area contributed by atoms with E-state index < -0.39 is 42.3 Å². The molecule has 0 aromatic rings. The van der Waals surface area contributed by atoms with E-state index in [2.05, 4.69) is 6.58 Å². The number of carbonyl (C=O) groups excluding carboxylic acids is 2. The van der Waals surface area contributed by atoms with Gasteiger partial charge in [0.05, 0.1) is 6.61 Å². The lowest BCUT2D eigenvalue weighted by molar-refractivity contribution is -0.153. The van der Waals surface area contributed by atoms with Crippen LogP contribution < -0.4 is 0 Å². The highest BCUT2D eigenvalue weighted by Crippen LogP contribution is 2.58. The molecule has 0 bridgehead atoms. The minimum atomic E-state index is -5.93. The lowest BCUT2D eigenvalue weighted by atomic mass is 9.63. The van der Waals surface area contributed by atoms with Crippen molar-refractivity contribution in [3.8, 4) is 0 Å². The number of unbranched alkanes of at least 4 members (excludes halogenated alkanes) is 1. The summed E-state index contributed by atoms with van der Waals surface area (Å²) in [6.45, 7) is 11.3. The van der Waals surface area contributed by atoms with Crippen molar-refractivity contribution < 1.29 is 37.5 Å². The number of ketones is 1. The van der Waals surface area contributed by atoms with Gasteiger partial charge in [0, 0.05) is 11.0 Å². The third-order valence-electron chi connectivity index (χ3n) is 4.69. The predicted octanol–water partition coefficient (Wildman–Crippen LogP) is 3.91. The predicted molar refractivity (Wildman–Crippen MR) is 93.7 cm³/mol. The first kappa shape index (κ1) is 24.9. The summed E-state index contributed by atoms with van der Waals surface area (Å²) < 4.78 is 44.3. The van der Waals surface area contributed by atoms with E-state index in [0.29, 0.717) is 6.42 Å². The Kier molecular flexibility index (Phi) is 8.81. The minimum absolute atomic E-state index is 0.00137. The Balaban J connectivity index is 5.36. The van der Waals surface area contributed by atoms with Gasteiger partial charge in [-0.2, -0.15) is 8.78 Å². The summed E-state index contributed by atoms with van der Waals surface area (Å²) in [5.74, 6) is -3.42. The van der Waals surface area contributed by atoms with Gasteiger partial charge in [-0.3, -0.25) is 9.36 Å². The van der Waals surface area contributed by atoms with Gasteiger partial charge < -0.3 is 14.5 Å². The molecular formula is C17H29F2O6P. The molecule has 0 saturated carbocycles. The minimum Gasteiger partial charge on any atom is -0.462 e. The first-order valence-corrected chi connectivity index (χ1v) is 10.0. The van der Waals surface area contributed by atoms with E-state index in [4.69, 9.17) is 14.5 Å². The Morgan fingerprint density at radius 3 is 1.92 bits per heavy atom. The number of halogens is 2. The van der Waals surface area contributed by atoms with Crippen LogP contribution in [0.3, 0.4) is 0 Å². The number of Topliss-reactive ketones (excluding diaryl/α,β-unsaturated/α-hetero) is 1. The maximum Gasteiger partial charge on any atom is 0.403 e. The van der Waals surface area contributed by atoms with Crippen molar-refractivity contribution in [1.29, 1.82) is 0 Å².